The molecule has 3 rings (SSSR count). The Labute approximate surface area is 147 Å². The first-order valence-electron chi connectivity index (χ1n) is 7.28. The van der Waals surface area contributed by atoms with E-state index in [-0.39, 0.29) is 23.8 Å². The van der Waals surface area contributed by atoms with Crippen LogP contribution >= 0.6 is 15.9 Å². The lowest BCUT2D eigenvalue weighted by Gasteiger charge is -2.10. The molecule has 0 radical (unpaired) electrons. The molecule has 2 aromatic carbocycles. The highest BCUT2D eigenvalue weighted by atomic mass is 79.9. The highest BCUT2D eigenvalue weighted by Gasteiger charge is 2.15. The maximum atomic E-state index is 12.4. The van der Waals surface area contributed by atoms with E-state index >= 15 is 0 Å². The van der Waals surface area contributed by atoms with Gasteiger partial charge in [0.1, 0.15) is 12.1 Å². The zero-order valence-corrected chi connectivity index (χ0v) is 14.5. The number of halogens is 1. The van der Waals surface area contributed by atoms with Crippen LogP contribution in [0.15, 0.2) is 53.3 Å². The normalized spacial score (nSPS) is 10.6. The third-order valence-electron chi connectivity index (χ3n) is 3.51. The summed E-state index contributed by atoms with van der Waals surface area (Å²) in [6.07, 6.45) is 1.59. The minimum Gasteiger partial charge on any atom is -0.506 e. The molecular weight excluding hydrogens is 372 g/mol. The van der Waals surface area contributed by atoms with Gasteiger partial charge in [-0.15, -0.1) is 10.2 Å². The number of amides is 1. The number of hydrogen-bond donors (Lipinski definition) is 2. The number of nitrogens with one attached hydrogen (secondary N) is 1. The van der Waals surface area contributed by atoms with Crippen LogP contribution in [0.4, 0.5) is 0 Å². The first-order chi connectivity index (χ1) is 11.6. The van der Waals surface area contributed by atoms with Gasteiger partial charge < -0.3 is 10.4 Å². The number of aryl methyl sites for hydroxylation is 1. The first-order valence-corrected chi connectivity index (χ1v) is 8.07. The lowest BCUT2D eigenvalue weighted by Crippen LogP contribution is -2.24. The number of nitrogens with zero attached hydrogens (tertiary/aromatic N) is 3. The van der Waals surface area contributed by atoms with Gasteiger partial charge in [-0.1, -0.05) is 18.2 Å². The Balaban J connectivity index is 1.78. The van der Waals surface area contributed by atoms with Crippen molar-refractivity contribution in [3.05, 3.63) is 70.2 Å². The van der Waals surface area contributed by atoms with E-state index in [1.807, 2.05) is 37.3 Å². The Bertz CT molecular complexity index is 878. The molecule has 24 heavy (non-hydrogen) atoms. The summed E-state index contributed by atoms with van der Waals surface area (Å²) >= 11 is 3.24. The highest BCUT2D eigenvalue weighted by molar-refractivity contribution is 9.10. The molecule has 1 aromatic heterocycles. The van der Waals surface area contributed by atoms with Crippen LogP contribution in [0.3, 0.4) is 0 Å². The molecule has 1 amide bonds. The maximum Gasteiger partial charge on any atom is 0.255 e. The van der Waals surface area contributed by atoms with Gasteiger partial charge in [0.05, 0.1) is 16.6 Å². The van der Waals surface area contributed by atoms with Crippen molar-refractivity contribution in [2.24, 2.45) is 0 Å². The molecular formula is C17H15BrN4O2. The van der Waals surface area contributed by atoms with Crippen LogP contribution in [-0.2, 0) is 6.54 Å². The van der Waals surface area contributed by atoms with Crippen LogP contribution in [0.25, 0.3) is 5.69 Å². The molecule has 0 unspecified atom stereocenters. The van der Waals surface area contributed by atoms with Crippen LogP contribution in [0.5, 0.6) is 5.75 Å². The maximum absolute atomic E-state index is 12.4. The fourth-order valence-corrected chi connectivity index (χ4v) is 2.92. The van der Waals surface area contributed by atoms with Gasteiger partial charge in [-0.2, -0.15) is 0 Å². The predicted molar refractivity (Wildman–Crippen MR) is 93.1 cm³/mol. The first kappa shape index (κ1) is 16.2. The molecule has 7 heteroatoms. The molecule has 1 heterocycles. The number of rotatable bonds is 4. The van der Waals surface area contributed by atoms with Crippen molar-refractivity contribution in [3.63, 3.8) is 0 Å². The van der Waals surface area contributed by atoms with Gasteiger partial charge in [0.15, 0.2) is 5.82 Å². The molecule has 0 saturated heterocycles. The van der Waals surface area contributed by atoms with Gasteiger partial charge >= 0.3 is 0 Å². The van der Waals surface area contributed by atoms with Gasteiger partial charge in [0.25, 0.3) is 5.91 Å². The minimum atomic E-state index is -0.375. The van der Waals surface area contributed by atoms with Crippen LogP contribution < -0.4 is 5.32 Å². The monoisotopic (exact) mass is 386 g/mol. The van der Waals surface area contributed by atoms with E-state index in [4.69, 9.17) is 0 Å². The molecule has 0 atom stereocenters. The number of benzene rings is 2. The van der Waals surface area contributed by atoms with Crippen LogP contribution in [0.1, 0.15) is 21.7 Å². The Morgan fingerprint density at radius 3 is 2.79 bits per heavy atom. The van der Waals surface area contributed by atoms with Gasteiger partial charge in [-0.05, 0) is 52.7 Å². The number of para-hydroxylation sites is 1. The van der Waals surface area contributed by atoms with Gasteiger partial charge in [-0.3, -0.25) is 9.36 Å². The molecule has 122 valence electrons. The van der Waals surface area contributed by atoms with Gasteiger partial charge in [-0.25, -0.2) is 0 Å². The highest BCUT2D eigenvalue weighted by Crippen LogP contribution is 2.29. The SMILES string of the molecule is Cc1cc(Br)c(O)c(C(=O)NCc2nncn2-c2ccccc2)c1. The third kappa shape index (κ3) is 3.30. The van der Waals surface area contributed by atoms with Crippen molar-refractivity contribution < 1.29 is 9.90 Å². The molecule has 6 nitrogen and oxygen atoms in total. The third-order valence-corrected chi connectivity index (χ3v) is 4.12. The lowest BCUT2D eigenvalue weighted by molar-refractivity contribution is 0.0947. The second-order valence-electron chi connectivity index (χ2n) is 5.28. The van der Waals surface area contributed by atoms with E-state index in [0.29, 0.717) is 10.3 Å². The molecule has 0 fully saturated rings. The second-order valence-corrected chi connectivity index (χ2v) is 6.13. The molecule has 0 aliphatic carbocycles. The Hall–Kier alpha value is -2.67. The van der Waals surface area contributed by atoms with Crippen LogP contribution in [0.2, 0.25) is 0 Å². The molecule has 0 saturated carbocycles. The number of carbonyl (C=O) groups excluding carboxylic acids is 1. The van der Waals surface area contributed by atoms with E-state index in [9.17, 15) is 9.90 Å². The van der Waals surface area contributed by atoms with Crippen molar-refractivity contribution >= 4 is 21.8 Å². The van der Waals surface area contributed by atoms with Crippen molar-refractivity contribution in [1.82, 2.24) is 20.1 Å². The van der Waals surface area contributed by atoms with E-state index in [1.54, 1.807) is 23.0 Å². The summed E-state index contributed by atoms with van der Waals surface area (Å²) in [6.45, 7) is 2.05. The topological polar surface area (TPSA) is 80.0 Å². The molecule has 0 spiro atoms. The standard InChI is InChI=1S/C17H15BrN4O2/c1-11-7-13(16(23)14(18)8-11)17(24)19-9-15-21-20-10-22(15)12-5-3-2-4-6-12/h2-8,10,23H,9H2,1H3,(H,19,24). The molecule has 2 N–H and O–H groups in total. The zero-order valence-electron chi connectivity index (χ0n) is 12.9. The van der Waals surface area contributed by atoms with Crippen molar-refractivity contribution in [2.45, 2.75) is 13.5 Å². The number of phenols is 1. The molecule has 0 aliphatic heterocycles. The zero-order chi connectivity index (χ0) is 17.1. The quantitative estimate of drug-likeness (QED) is 0.722. The van der Waals surface area contributed by atoms with Crippen molar-refractivity contribution in [3.8, 4) is 11.4 Å². The summed E-state index contributed by atoms with van der Waals surface area (Å²) in [6, 6.07) is 13.0. The molecule has 0 aliphatic rings. The number of aromatic nitrogens is 3. The number of hydrogen-bond acceptors (Lipinski definition) is 4. The summed E-state index contributed by atoms with van der Waals surface area (Å²) in [5.74, 6) is 0.142. The summed E-state index contributed by atoms with van der Waals surface area (Å²) in [5, 5.41) is 20.7. The minimum absolute atomic E-state index is 0.0809. The predicted octanol–water partition coefficient (Wildman–Crippen LogP) is 2.97. The van der Waals surface area contributed by atoms with Crippen molar-refractivity contribution in [1.29, 1.82) is 0 Å². The number of aromatic hydroxyl groups is 1. The second kappa shape index (κ2) is 6.84. The average molecular weight is 387 g/mol. The molecule has 0 bridgehead atoms. The number of phenolic OH excluding ortho intramolecular Hbond substituents is 1. The smallest absolute Gasteiger partial charge is 0.255 e. The van der Waals surface area contributed by atoms with Gasteiger partial charge in [0.2, 0.25) is 0 Å². The van der Waals surface area contributed by atoms with E-state index in [2.05, 4.69) is 31.4 Å². The van der Waals surface area contributed by atoms with Crippen LogP contribution in [-0.4, -0.2) is 25.8 Å². The molecule has 3 aromatic rings. The average Bonchev–Trinajstić information content (AvgIpc) is 3.05. The fraction of sp³-hybridized carbons (Fsp3) is 0.118. The summed E-state index contributed by atoms with van der Waals surface area (Å²) in [4.78, 5) is 12.4. The Kier molecular flexibility index (Phi) is 4.61. The summed E-state index contributed by atoms with van der Waals surface area (Å²) in [7, 11) is 0. The number of carbonyl (C=O) groups is 1. The Morgan fingerprint density at radius 2 is 2.04 bits per heavy atom. The Morgan fingerprint density at radius 1 is 1.29 bits per heavy atom. The van der Waals surface area contributed by atoms with E-state index in [1.165, 1.54) is 0 Å². The van der Waals surface area contributed by atoms with Crippen LogP contribution in [0, 0.1) is 6.92 Å². The summed E-state index contributed by atoms with van der Waals surface area (Å²) < 4.78 is 2.28. The van der Waals surface area contributed by atoms with E-state index in [0.717, 1.165) is 11.3 Å². The van der Waals surface area contributed by atoms with E-state index < -0.39 is 0 Å². The lowest BCUT2D eigenvalue weighted by atomic mass is 10.1. The van der Waals surface area contributed by atoms with Gasteiger partial charge in [0, 0.05) is 5.69 Å². The largest absolute Gasteiger partial charge is 0.506 e. The fourth-order valence-electron chi connectivity index (χ4n) is 2.35. The summed E-state index contributed by atoms with van der Waals surface area (Å²) in [5.41, 5.74) is 2.00. The van der Waals surface area contributed by atoms with Crippen molar-refractivity contribution in [2.75, 3.05) is 0 Å².